The first-order chi connectivity index (χ1) is 8.20. The van der Waals surface area contributed by atoms with E-state index in [9.17, 15) is 4.79 Å². The number of carbonyl (C=O) groups is 1. The molecule has 0 unspecified atom stereocenters. The van der Waals surface area contributed by atoms with Gasteiger partial charge in [0.25, 0.3) is 5.91 Å². The molecule has 0 saturated carbocycles. The summed E-state index contributed by atoms with van der Waals surface area (Å²) in [6.07, 6.45) is 3.75. The largest absolute Gasteiger partial charge is 0.348 e. The van der Waals surface area contributed by atoms with E-state index in [0.717, 1.165) is 25.9 Å². The summed E-state index contributed by atoms with van der Waals surface area (Å²) in [4.78, 5) is 17.1. The number of amides is 1. The second-order valence-electron chi connectivity index (χ2n) is 4.36. The number of nitrogens with zero attached hydrogens (tertiary/aromatic N) is 2. The van der Waals surface area contributed by atoms with Crippen LogP contribution < -0.4 is 5.32 Å². The van der Waals surface area contributed by atoms with Gasteiger partial charge in [-0.05, 0) is 25.0 Å². The monoisotopic (exact) mass is 237 g/mol. The highest BCUT2D eigenvalue weighted by Crippen LogP contribution is 2.11. The average Bonchev–Trinajstić information content (AvgIpc) is 2.76. The number of hydrogen-bond donors (Lipinski definition) is 1. The van der Waals surface area contributed by atoms with Crippen LogP contribution in [0, 0.1) is 0 Å². The van der Waals surface area contributed by atoms with Crippen molar-refractivity contribution in [3.63, 3.8) is 0 Å². The SMILES string of the molecule is CON1CCC(NC(=O)c2cccn2C)CC1. The first kappa shape index (κ1) is 12.1. The molecule has 0 bridgehead atoms. The third-order valence-corrected chi connectivity index (χ3v) is 3.22. The molecule has 0 radical (unpaired) electrons. The number of hydroxylamine groups is 2. The van der Waals surface area contributed by atoms with Gasteiger partial charge in [0.2, 0.25) is 0 Å². The van der Waals surface area contributed by atoms with Crippen molar-refractivity contribution in [1.82, 2.24) is 14.9 Å². The molecule has 5 heteroatoms. The van der Waals surface area contributed by atoms with Gasteiger partial charge in [-0.3, -0.25) is 4.79 Å². The molecule has 1 aromatic rings. The summed E-state index contributed by atoms with van der Waals surface area (Å²) >= 11 is 0. The van der Waals surface area contributed by atoms with Gasteiger partial charge in [0.05, 0.1) is 7.11 Å². The van der Waals surface area contributed by atoms with Crippen LogP contribution in [-0.4, -0.2) is 41.8 Å². The van der Waals surface area contributed by atoms with Crippen LogP contribution in [0.5, 0.6) is 0 Å². The number of piperidine rings is 1. The average molecular weight is 237 g/mol. The Morgan fingerprint density at radius 3 is 2.71 bits per heavy atom. The van der Waals surface area contributed by atoms with Crippen molar-refractivity contribution in [3.05, 3.63) is 24.0 Å². The predicted molar refractivity (Wildman–Crippen MR) is 64.5 cm³/mol. The van der Waals surface area contributed by atoms with Crippen molar-refractivity contribution in [1.29, 1.82) is 0 Å². The van der Waals surface area contributed by atoms with E-state index < -0.39 is 0 Å². The Morgan fingerprint density at radius 2 is 2.18 bits per heavy atom. The fourth-order valence-electron chi connectivity index (χ4n) is 2.14. The summed E-state index contributed by atoms with van der Waals surface area (Å²) in [5.41, 5.74) is 0.708. The molecule has 1 saturated heterocycles. The number of nitrogens with one attached hydrogen (secondary N) is 1. The lowest BCUT2D eigenvalue weighted by Gasteiger charge is -2.30. The van der Waals surface area contributed by atoms with E-state index in [1.54, 1.807) is 7.11 Å². The summed E-state index contributed by atoms with van der Waals surface area (Å²) in [6, 6.07) is 3.96. The van der Waals surface area contributed by atoms with Crippen molar-refractivity contribution in [3.8, 4) is 0 Å². The van der Waals surface area contributed by atoms with Gasteiger partial charge < -0.3 is 14.7 Å². The highest BCUT2D eigenvalue weighted by Gasteiger charge is 2.21. The van der Waals surface area contributed by atoms with Gasteiger partial charge in [-0.25, -0.2) is 0 Å². The van der Waals surface area contributed by atoms with Gasteiger partial charge in [-0.15, -0.1) is 0 Å². The van der Waals surface area contributed by atoms with Crippen LogP contribution in [-0.2, 0) is 11.9 Å². The molecular weight excluding hydrogens is 218 g/mol. The fraction of sp³-hybridized carbons (Fsp3) is 0.583. The van der Waals surface area contributed by atoms with Crippen molar-refractivity contribution in [2.75, 3.05) is 20.2 Å². The zero-order valence-electron chi connectivity index (χ0n) is 10.3. The minimum absolute atomic E-state index is 0.00775. The quantitative estimate of drug-likeness (QED) is 0.845. The number of hydrogen-bond acceptors (Lipinski definition) is 3. The number of aromatic nitrogens is 1. The molecule has 17 heavy (non-hydrogen) atoms. The van der Waals surface area contributed by atoms with Crippen LogP contribution in [0.4, 0.5) is 0 Å². The Kier molecular flexibility index (Phi) is 3.81. The lowest BCUT2D eigenvalue weighted by molar-refractivity contribution is -0.144. The summed E-state index contributed by atoms with van der Waals surface area (Å²) in [6.45, 7) is 1.74. The van der Waals surface area contributed by atoms with Crippen molar-refractivity contribution < 1.29 is 9.63 Å². The highest BCUT2D eigenvalue weighted by atomic mass is 16.7. The molecule has 1 aliphatic rings. The predicted octanol–water partition coefficient (Wildman–Crippen LogP) is 0.781. The summed E-state index contributed by atoms with van der Waals surface area (Å²) in [7, 11) is 3.56. The minimum Gasteiger partial charge on any atom is -0.348 e. The molecular formula is C12H19N3O2. The summed E-state index contributed by atoms with van der Waals surface area (Å²) in [5.74, 6) is 0.00775. The zero-order valence-corrected chi connectivity index (χ0v) is 10.3. The summed E-state index contributed by atoms with van der Waals surface area (Å²) in [5, 5.41) is 4.99. The number of aryl methyl sites for hydroxylation is 1. The van der Waals surface area contributed by atoms with Gasteiger partial charge in [-0.1, -0.05) is 0 Å². The van der Waals surface area contributed by atoms with E-state index >= 15 is 0 Å². The van der Waals surface area contributed by atoms with Crippen LogP contribution in [0.3, 0.4) is 0 Å². The van der Waals surface area contributed by atoms with Gasteiger partial charge in [-0.2, -0.15) is 5.06 Å². The molecule has 1 fully saturated rings. The smallest absolute Gasteiger partial charge is 0.268 e. The highest BCUT2D eigenvalue weighted by molar-refractivity contribution is 5.92. The summed E-state index contributed by atoms with van der Waals surface area (Å²) < 4.78 is 1.83. The van der Waals surface area contributed by atoms with Crippen molar-refractivity contribution >= 4 is 5.91 Å². The molecule has 1 N–H and O–H groups in total. The van der Waals surface area contributed by atoms with Gasteiger partial charge in [0.1, 0.15) is 5.69 Å². The lowest BCUT2D eigenvalue weighted by atomic mass is 10.1. The third kappa shape index (κ3) is 2.87. The van der Waals surface area contributed by atoms with Crippen molar-refractivity contribution in [2.24, 2.45) is 7.05 Å². The Hall–Kier alpha value is -1.33. The van der Waals surface area contributed by atoms with Crippen LogP contribution in [0.15, 0.2) is 18.3 Å². The van der Waals surface area contributed by atoms with E-state index in [2.05, 4.69) is 5.32 Å². The van der Waals surface area contributed by atoms with Crippen molar-refractivity contribution in [2.45, 2.75) is 18.9 Å². The first-order valence-corrected chi connectivity index (χ1v) is 5.92. The molecule has 2 rings (SSSR count). The Morgan fingerprint density at radius 1 is 1.47 bits per heavy atom. The molecule has 94 valence electrons. The van der Waals surface area contributed by atoms with Gasteiger partial charge in [0.15, 0.2) is 0 Å². The normalized spacial score (nSPS) is 18.2. The Bertz CT molecular complexity index is 381. The Balaban J connectivity index is 1.86. The third-order valence-electron chi connectivity index (χ3n) is 3.22. The molecule has 5 nitrogen and oxygen atoms in total. The van der Waals surface area contributed by atoms with Gasteiger partial charge >= 0.3 is 0 Å². The minimum atomic E-state index is 0.00775. The van der Waals surface area contributed by atoms with Crippen LogP contribution in [0.2, 0.25) is 0 Å². The van der Waals surface area contributed by atoms with E-state index in [4.69, 9.17) is 4.84 Å². The maximum Gasteiger partial charge on any atom is 0.268 e. The lowest BCUT2D eigenvalue weighted by Crippen LogP contribution is -2.44. The van der Waals surface area contributed by atoms with E-state index in [1.165, 1.54) is 0 Å². The molecule has 0 aromatic carbocycles. The second-order valence-corrected chi connectivity index (χ2v) is 4.36. The van der Waals surface area contributed by atoms with E-state index in [0.29, 0.717) is 5.69 Å². The molecule has 0 atom stereocenters. The number of rotatable bonds is 3. The fourth-order valence-corrected chi connectivity index (χ4v) is 2.14. The zero-order chi connectivity index (χ0) is 12.3. The topological polar surface area (TPSA) is 46.5 Å². The second kappa shape index (κ2) is 5.33. The van der Waals surface area contributed by atoms with E-state index in [1.807, 2.05) is 35.0 Å². The Labute approximate surface area is 101 Å². The molecule has 1 aliphatic heterocycles. The number of carbonyl (C=O) groups excluding carboxylic acids is 1. The standard InChI is InChI=1S/C12H19N3O2/c1-14-7-3-4-11(14)12(16)13-10-5-8-15(17-2)9-6-10/h3-4,7,10H,5-6,8-9H2,1-2H3,(H,13,16). The molecule has 2 heterocycles. The van der Waals surface area contributed by atoms with E-state index in [-0.39, 0.29) is 11.9 Å². The van der Waals surface area contributed by atoms with Crippen LogP contribution >= 0.6 is 0 Å². The molecule has 0 spiro atoms. The van der Waals surface area contributed by atoms with Gasteiger partial charge in [0, 0.05) is 32.4 Å². The maximum absolute atomic E-state index is 12.0. The maximum atomic E-state index is 12.0. The molecule has 1 amide bonds. The van der Waals surface area contributed by atoms with Crippen LogP contribution in [0.1, 0.15) is 23.3 Å². The molecule has 1 aromatic heterocycles. The first-order valence-electron chi connectivity index (χ1n) is 5.92. The molecule has 0 aliphatic carbocycles. The van der Waals surface area contributed by atoms with Crippen LogP contribution in [0.25, 0.3) is 0 Å².